The number of halogens is 2. The Kier molecular flexibility index (Phi) is 4.19. The summed E-state index contributed by atoms with van der Waals surface area (Å²) in [5.74, 6) is 0.248. The third kappa shape index (κ3) is 2.88. The van der Waals surface area contributed by atoms with Crippen LogP contribution < -0.4 is 0 Å². The van der Waals surface area contributed by atoms with Gasteiger partial charge in [-0.1, -0.05) is 41.1 Å². The van der Waals surface area contributed by atoms with Crippen LogP contribution in [0.4, 0.5) is 0 Å². The summed E-state index contributed by atoms with van der Waals surface area (Å²) in [4.78, 5) is 4.03. The second-order valence-electron chi connectivity index (χ2n) is 3.99. The number of alkyl halides is 1. The van der Waals surface area contributed by atoms with Crippen LogP contribution in [-0.4, -0.2) is 4.98 Å². The molecule has 1 nitrogen and oxygen atoms in total. The molecule has 1 aromatic carbocycles. The molecule has 1 aromatic heterocycles. The molecule has 0 amide bonds. The van der Waals surface area contributed by atoms with Gasteiger partial charge in [0.05, 0.1) is 5.38 Å². The predicted molar refractivity (Wildman–Crippen MR) is 75.4 cm³/mol. The monoisotopic (exact) mass is 309 g/mol. The van der Waals surface area contributed by atoms with E-state index in [4.69, 9.17) is 11.6 Å². The lowest BCUT2D eigenvalue weighted by Crippen LogP contribution is -2.03. The highest BCUT2D eigenvalue weighted by Gasteiger charge is 2.19. The molecule has 3 heteroatoms. The van der Waals surface area contributed by atoms with Crippen LogP contribution in [0.3, 0.4) is 0 Å². The van der Waals surface area contributed by atoms with Crippen LogP contribution >= 0.6 is 27.5 Å². The van der Waals surface area contributed by atoms with Crippen molar-refractivity contribution in [2.45, 2.75) is 18.2 Å². The van der Waals surface area contributed by atoms with Gasteiger partial charge in [-0.15, -0.1) is 11.6 Å². The SMILES string of the molecule is CC(c1ccncc1)C(Cl)c1ccccc1Br. The predicted octanol–water partition coefficient (Wildman–Crippen LogP) is 4.93. The van der Waals surface area contributed by atoms with Gasteiger partial charge in [-0.3, -0.25) is 4.98 Å². The Morgan fingerprint density at radius 3 is 2.41 bits per heavy atom. The largest absolute Gasteiger partial charge is 0.265 e. The molecule has 0 saturated heterocycles. The van der Waals surface area contributed by atoms with E-state index in [0.717, 1.165) is 10.0 Å². The van der Waals surface area contributed by atoms with Crippen LogP contribution in [0.1, 0.15) is 29.3 Å². The summed E-state index contributed by atoms with van der Waals surface area (Å²) in [6, 6.07) is 12.1. The van der Waals surface area contributed by atoms with Crippen LogP contribution in [0, 0.1) is 0 Å². The molecule has 0 N–H and O–H groups in total. The van der Waals surface area contributed by atoms with Crippen molar-refractivity contribution in [1.29, 1.82) is 0 Å². The van der Waals surface area contributed by atoms with Crippen LogP contribution in [0.5, 0.6) is 0 Å². The highest BCUT2D eigenvalue weighted by Crippen LogP contribution is 2.38. The summed E-state index contributed by atoms with van der Waals surface area (Å²) in [5, 5.41) is -0.0482. The average Bonchev–Trinajstić information content (AvgIpc) is 2.39. The average molecular weight is 311 g/mol. The minimum absolute atomic E-state index is 0.0482. The van der Waals surface area contributed by atoms with Crippen molar-refractivity contribution >= 4 is 27.5 Å². The van der Waals surface area contributed by atoms with Gasteiger partial charge in [-0.05, 0) is 29.3 Å². The molecule has 1 heterocycles. The molecule has 0 spiro atoms. The summed E-state index contributed by atoms with van der Waals surface area (Å²) in [6.45, 7) is 2.13. The standard InChI is InChI=1S/C14H13BrClN/c1-10(11-6-8-17-9-7-11)14(16)12-4-2-3-5-13(12)15/h2-10,14H,1H3. The van der Waals surface area contributed by atoms with E-state index in [9.17, 15) is 0 Å². The summed E-state index contributed by atoms with van der Waals surface area (Å²) < 4.78 is 1.06. The van der Waals surface area contributed by atoms with E-state index < -0.39 is 0 Å². The number of hydrogen-bond acceptors (Lipinski definition) is 1. The van der Waals surface area contributed by atoms with Crippen LogP contribution in [0.15, 0.2) is 53.3 Å². The van der Waals surface area contributed by atoms with Crippen LogP contribution in [0.2, 0.25) is 0 Å². The summed E-state index contributed by atoms with van der Waals surface area (Å²) in [5.41, 5.74) is 2.33. The molecule has 0 aliphatic rings. The van der Waals surface area contributed by atoms with Gasteiger partial charge in [0.1, 0.15) is 0 Å². The van der Waals surface area contributed by atoms with Gasteiger partial charge >= 0.3 is 0 Å². The van der Waals surface area contributed by atoms with Gasteiger partial charge in [0.2, 0.25) is 0 Å². The smallest absolute Gasteiger partial charge is 0.0662 e. The lowest BCUT2D eigenvalue weighted by molar-refractivity contribution is 0.728. The minimum Gasteiger partial charge on any atom is -0.265 e. The van der Waals surface area contributed by atoms with Crippen molar-refractivity contribution in [1.82, 2.24) is 4.98 Å². The molecule has 2 aromatic rings. The topological polar surface area (TPSA) is 12.9 Å². The van der Waals surface area contributed by atoms with Gasteiger partial charge < -0.3 is 0 Å². The van der Waals surface area contributed by atoms with E-state index in [1.807, 2.05) is 30.3 Å². The fraction of sp³-hybridized carbons (Fsp3) is 0.214. The Morgan fingerprint density at radius 1 is 1.12 bits per heavy atom. The number of hydrogen-bond donors (Lipinski definition) is 0. The first-order valence-corrected chi connectivity index (χ1v) is 6.71. The van der Waals surface area contributed by atoms with Crippen molar-refractivity contribution in [3.05, 3.63) is 64.4 Å². The normalized spacial score (nSPS) is 14.3. The number of benzene rings is 1. The van der Waals surface area contributed by atoms with Crippen molar-refractivity contribution in [3.8, 4) is 0 Å². The molecule has 17 heavy (non-hydrogen) atoms. The molecule has 2 atom stereocenters. The highest BCUT2D eigenvalue weighted by atomic mass is 79.9. The first-order chi connectivity index (χ1) is 8.20. The third-order valence-corrected chi connectivity index (χ3v) is 4.21. The third-order valence-electron chi connectivity index (χ3n) is 2.87. The zero-order valence-corrected chi connectivity index (χ0v) is 11.8. The molecule has 0 fully saturated rings. The number of pyridine rings is 1. The second kappa shape index (κ2) is 5.65. The molecule has 0 aliphatic carbocycles. The van der Waals surface area contributed by atoms with Gasteiger partial charge in [0.15, 0.2) is 0 Å². The van der Waals surface area contributed by atoms with E-state index in [2.05, 4.69) is 33.9 Å². The molecule has 0 bridgehead atoms. The molecular weight excluding hydrogens is 298 g/mol. The number of nitrogens with zero attached hydrogens (tertiary/aromatic N) is 1. The van der Waals surface area contributed by atoms with Crippen LogP contribution in [0.25, 0.3) is 0 Å². The summed E-state index contributed by atoms with van der Waals surface area (Å²) in [7, 11) is 0. The second-order valence-corrected chi connectivity index (χ2v) is 5.32. The van der Waals surface area contributed by atoms with Gasteiger partial charge in [0.25, 0.3) is 0 Å². The van der Waals surface area contributed by atoms with Crippen LogP contribution in [-0.2, 0) is 0 Å². The molecule has 88 valence electrons. The molecular formula is C14H13BrClN. The van der Waals surface area contributed by atoms with Crippen molar-refractivity contribution < 1.29 is 0 Å². The first-order valence-electron chi connectivity index (χ1n) is 5.48. The molecule has 2 unspecified atom stereocenters. The van der Waals surface area contributed by atoms with Gasteiger partial charge in [-0.25, -0.2) is 0 Å². The molecule has 0 saturated carbocycles. The Morgan fingerprint density at radius 2 is 1.76 bits per heavy atom. The van der Waals surface area contributed by atoms with Crippen molar-refractivity contribution in [2.24, 2.45) is 0 Å². The van der Waals surface area contributed by atoms with E-state index >= 15 is 0 Å². The summed E-state index contributed by atoms with van der Waals surface area (Å²) in [6.07, 6.45) is 3.60. The molecule has 0 aliphatic heterocycles. The Labute approximate surface area is 115 Å². The quantitative estimate of drug-likeness (QED) is 0.733. The maximum Gasteiger partial charge on any atom is 0.0662 e. The zero-order valence-electron chi connectivity index (χ0n) is 9.48. The Bertz CT molecular complexity index is 487. The van der Waals surface area contributed by atoms with E-state index in [1.54, 1.807) is 12.4 Å². The zero-order chi connectivity index (χ0) is 12.3. The van der Waals surface area contributed by atoms with Crippen molar-refractivity contribution in [3.63, 3.8) is 0 Å². The number of rotatable bonds is 3. The minimum atomic E-state index is -0.0482. The lowest BCUT2D eigenvalue weighted by Gasteiger charge is -2.19. The molecule has 0 radical (unpaired) electrons. The number of aromatic nitrogens is 1. The maximum atomic E-state index is 6.55. The van der Waals surface area contributed by atoms with Crippen molar-refractivity contribution in [2.75, 3.05) is 0 Å². The van der Waals surface area contributed by atoms with Gasteiger partial charge in [0, 0.05) is 22.8 Å². The van der Waals surface area contributed by atoms with Gasteiger partial charge in [-0.2, -0.15) is 0 Å². The fourth-order valence-electron chi connectivity index (χ4n) is 1.80. The first kappa shape index (κ1) is 12.6. The summed E-state index contributed by atoms with van der Waals surface area (Å²) >= 11 is 10.1. The Balaban J connectivity index is 2.27. The maximum absolute atomic E-state index is 6.55. The van der Waals surface area contributed by atoms with E-state index in [1.165, 1.54) is 5.56 Å². The lowest BCUT2D eigenvalue weighted by atomic mass is 9.94. The van der Waals surface area contributed by atoms with E-state index in [0.29, 0.717) is 0 Å². The Hall–Kier alpha value is -0.860. The fourth-order valence-corrected chi connectivity index (χ4v) is 2.80. The van der Waals surface area contributed by atoms with E-state index in [-0.39, 0.29) is 11.3 Å². The molecule has 2 rings (SSSR count). The highest BCUT2D eigenvalue weighted by molar-refractivity contribution is 9.10.